The molecule has 1 aliphatic carbocycles. The van der Waals surface area contributed by atoms with E-state index in [9.17, 15) is 9.90 Å². The van der Waals surface area contributed by atoms with Gasteiger partial charge in [-0.2, -0.15) is 0 Å². The predicted molar refractivity (Wildman–Crippen MR) is 79.7 cm³/mol. The number of rotatable bonds is 3. The molecule has 4 heteroatoms. The Kier molecular flexibility index (Phi) is 3.36. The van der Waals surface area contributed by atoms with Gasteiger partial charge in [-0.25, -0.2) is 4.79 Å². The van der Waals surface area contributed by atoms with Crippen molar-refractivity contribution in [2.75, 3.05) is 5.32 Å². The smallest absolute Gasteiger partial charge is 0.339 e. The molecule has 0 amide bonds. The number of benzene rings is 2. The minimum atomic E-state index is -1.01. The van der Waals surface area contributed by atoms with Gasteiger partial charge in [0.2, 0.25) is 0 Å². The second-order valence-electron chi connectivity index (χ2n) is 4.99. The topological polar surface area (TPSA) is 49.3 Å². The molecule has 2 N–H and O–H groups in total. The summed E-state index contributed by atoms with van der Waals surface area (Å²) in [4.78, 5) is 11.3. The minimum absolute atomic E-state index is 0.144. The van der Waals surface area contributed by atoms with E-state index in [0.29, 0.717) is 5.69 Å². The molecule has 20 heavy (non-hydrogen) atoms. The normalized spacial score (nSPS) is 14.1. The Morgan fingerprint density at radius 1 is 1.10 bits per heavy atom. The average Bonchev–Trinajstić information content (AvgIpc) is 2.80. The first kappa shape index (κ1) is 13.0. The fraction of sp³-hybridized carbons (Fsp3) is 0.188. The van der Waals surface area contributed by atoms with Crippen LogP contribution in [-0.4, -0.2) is 17.1 Å². The summed E-state index contributed by atoms with van der Waals surface area (Å²) in [7, 11) is 0. The Labute approximate surface area is 122 Å². The zero-order chi connectivity index (χ0) is 14.1. The zero-order valence-electron chi connectivity index (χ0n) is 10.8. The van der Waals surface area contributed by atoms with Crippen molar-refractivity contribution in [3.05, 3.63) is 64.2 Å². The monoisotopic (exact) mass is 287 g/mol. The highest BCUT2D eigenvalue weighted by Gasteiger charge is 2.23. The van der Waals surface area contributed by atoms with Gasteiger partial charge in [0.25, 0.3) is 0 Å². The highest BCUT2D eigenvalue weighted by Crippen LogP contribution is 2.28. The zero-order valence-corrected chi connectivity index (χ0v) is 11.5. The van der Waals surface area contributed by atoms with Crippen molar-refractivity contribution in [1.29, 1.82) is 0 Å². The maximum absolute atomic E-state index is 11.3. The molecule has 102 valence electrons. The van der Waals surface area contributed by atoms with E-state index >= 15 is 0 Å². The lowest BCUT2D eigenvalue weighted by Crippen LogP contribution is -2.21. The fourth-order valence-corrected chi connectivity index (χ4v) is 3.00. The van der Waals surface area contributed by atoms with Gasteiger partial charge in [-0.15, -0.1) is 0 Å². The molecule has 3 rings (SSSR count). The summed E-state index contributed by atoms with van der Waals surface area (Å²) in [5, 5.41) is 12.8. The number of fused-ring (bicyclic) bond motifs is 1. The largest absolute Gasteiger partial charge is 0.478 e. The number of halogens is 1. The molecule has 0 heterocycles. The number of hydrogen-bond acceptors (Lipinski definition) is 2. The molecule has 0 fully saturated rings. The van der Waals surface area contributed by atoms with Crippen molar-refractivity contribution >= 4 is 23.3 Å². The molecule has 0 unspecified atom stereocenters. The van der Waals surface area contributed by atoms with Crippen LogP contribution >= 0.6 is 11.6 Å². The molecule has 0 atom stereocenters. The van der Waals surface area contributed by atoms with Gasteiger partial charge in [0.15, 0.2) is 0 Å². The molecule has 0 aliphatic heterocycles. The lowest BCUT2D eigenvalue weighted by molar-refractivity contribution is 0.0698. The standard InChI is InChI=1S/C16H14ClNO2/c17-13-6-3-7-14(15(13)16(19)20)18-12-8-10-4-1-2-5-11(10)9-12/h1-7,12,18H,8-9H2,(H,19,20). The van der Waals surface area contributed by atoms with E-state index in [4.69, 9.17) is 11.6 Å². The van der Waals surface area contributed by atoms with Gasteiger partial charge in [0.05, 0.1) is 10.7 Å². The van der Waals surface area contributed by atoms with Gasteiger partial charge in [0, 0.05) is 6.04 Å². The first-order valence-corrected chi connectivity index (χ1v) is 6.88. The maximum Gasteiger partial charge on any atom is 0.339 e. The van der Waals surface area contributed by atoms with Crippen molar-refractivity contribution in [3.63, 3.8) is 0 Å². The number of carboxylic acid groups (broad SMARTS) is 1. The number of anilines is 1. The van der Waals surface area contributed by atoms with Crippen LogP contribution in [0.25, 0.3) is 0 Å². The summed E-state index contributed by atoms with van der Waals surface area (Å²) in [6.07, 6.45) is 1.81. The van der Waals surface area contributed by atoms with Gasteiger partial charge in [-0.05, 0) is 36.1 Å². The Balaban J connectivity index is 1.84. The quantitative estimate of drug-likeness (QED) is 0.906. The number of hydrogen-bond donors (Lipinski definition) is 2. The van der Waals surface area contributed by atoms with Crippen LogP contribution in [-0.2, 0) is 12.8 Å². The highest BCUT2D eigenvalue weighted by molar-refractivity contribution is 6.34. The van der Waals surface area contributed by atoms with Crippen LogP contribution in [0.4, 0.5) is 5.69 Å². The van der Waals surface area contributed by atoms with Crippen LogP contribution < -0.4 is 5.32 Å². The van der Waals surface area contributed by atoms with E-state index in [-0.39, 0.29) is 16.6 Å². The molecule has 1 aliphatic rings. The molecular formula is C16H14ClNO2. The van der Waals surface area contributed by atoms with E-state index in [1.165, 1.54) is 11.1 Å². The Morgan fingerprint density at radius 2 is 1.75 bits per heavy atom. The molecule has 0 radical (unpaired) electrons. The van der Waals surface area contributed by atoms with Gasteiger partial charge in [-0.3, -0.25) is 0 Å². The van der Waals surface area contributed by atoms with E-state index < -0.39 is 5.97 Å². The maximum atomic E-state index is 11.3. The van der Waals surface area contributed by atoms with E-state index in [2.05, 4.69) is 17.4 Å². The summed E-state index contributed by atoms with van der Waals surface area (Å²) in [5.41, 5.74) is 3.38. The molecule has 3 nitrogen and oxygen atoms in total. The third kappa shape index (κ3) is 2.37. The summed E-state index contributed by atoms with van der Waals surface area (Å²) < 4.78 is 0. The van der Waals surface area contributed by atoms with Crippen LogP contribution in [0.2, 0.25) is 5.02 Å². The summed E-state index contributed by atoms with van der Waals surface area (Å²) in [5.74, 6) is -1.01. The Bertz CT molecular complexity index is 644. The van der Waals surface area contributed by atoms with Gasteiger partial charge < -0.3 is 10.4 Å². The first-order valence-electron chi connectivity index (χ1n) is 6.50. The second-order valence-corrected chi connectivity index (χ2v) is 5.39. The van der Waals surface area contributed by atoms with Crippen LogP contribution in [0.15, 0.2) is 42.5 Å². The predicted octanol–water partition coefficient (Wildman–Crippen LogP) is 3.62. The third-order valence-electron chi connectivity index (χ3n) is 3.64. The van der Waals surface area contributed by atoms with Crippen LogP contribution in [0, 0.1) is 0 Å². The summed E-state index contributed by atoms with van der Waals surface area (Å²) in [6, 6.07) is 13.6. The molecular weight excluding hydrogens is 274 g/mol. The van der Waals surface area contributed by atoms with Crippen LogP contribution in [0.3, 0.4) is 0 Å². The first-order chi connectivity index (χ1) is 9.65. The molecule has 0 spiro atoms. The van der Waals surface area contributed by atoms with E-state index in [1.54, 1.807) is 18.2 Å². The number of carbonyl (C=O) groups is 1. The molecule has 0 aromatic heterocycles. The Hall–Kier alpha value is -2.00. The van der Waals surface area contributed by atoms with E-state index in [1.807, 2.05) is 12.1 Å². The average molecular weight is 288 g/mol. The minimum Gasteiger partial charge on any atom is -0.478 e. The third-order valence-corrected chi connectivity index (χ3v) is 3.95. The van der Waals surface area contributed by atoms with E-state index in [0.717, 1.165) is 12.8 Å². The van der Waals surface area contributed by atoms with Crippen molar-refractivity contribution in [1.82, 2.24) is 0 Å². The Morgan fingerprint density at radius 3 is 2.35 bits per heavy atom. The van der Waals surface area contributed by atoms with Gasteiger partial charge >= 0.3 is 5.97 Å². The lowest BCUT2D eigenvalue weighted by atomic mass is 10.1. The second kappa shape index (κ2) is 5.17. The van der Waals surface area contributed by atoms with Crippen molar-refractivity contribution < 1.29 is 9.90 Å². The molecule has 0 saturated heterocycles. The van der Waals surface area contributed by atoms with Crippen molar-refractivity contribution in [2.24, 2.45) is 0 Å². The van der Waals surface area contributed by atoms with Crippen LogP contribution in [0.5, 0.6) is 0 Å². The SMILES string of the molecule is O=C(O)c1c(Cl)cccc1NC1Cc2ccccc2C1. The summed E-state index contributed by atoms with van der Waals surface area (Å²) >= 11 is 5.98. The number of nitrogens with one attached hydrogen (secondary N) is 1. The van der Waals surface area contributed by atoms with Crippen molar-refractivity contribution in [3.8, 4) is 0 Å². The highest BCUT2D eigenvalue weighted by atomic mass is 35.5. The van der Waals surface area contributed by atoms with Gasteiger partial charge in [-0.1, -0.05) is 41.9 Å². The fourth-order valence-electron chi connectivity index (χ4n) is 2.74. The lowest BCUT2D eigenvalue weighted by Gasteiger charge is -2.16. The molecule has 2 aromatic carbocycles. The summed E-state index contributed by atoms with van der Waals surface area (Å²) in [6.45, 7) is 0. The number of carboxylic acids is 1. The van der Waals surface area contributed by atoms with Gasteiger partial charge in [0.1, 0.15) is 5.56 Å². The van der Waals surface area contributed by atoms with Crippen LogP contribution in [0.1, 0.15) is 21.5 Å². The molecule has 2 aromatic rings. The molecule has 0 saturated carbocycles. The molecule has 0 bridgehead atoms. The number of aromatic carboxylic acids is 1. The van der Waals surface area contributed by atoms with Crippen molar-refractivity contribution in [2.45, 2.75) is 18.9 Å².